The highest BCUT2D eigenvalue weighted by atomic mass is 32.2. The minimum Gasteiger partial charge on any atom is -0.392 e. The van der Waals surface area contributed by atoms with Gasteiger partial charge in [0.25, 0.3) is 0 Å². The second kappa shape index (κ2) is 17.8. The van der Waals surface area contributed by atoms with Crippen molar-refractivity contribution in [1.29, 1.82) is 0 Å². The van der Waals surface area contributed by atoms with Crippen molar-refractivity contribution in [2.24, 2.45) is 0 Å². The number of nitrogens with zero attached hydrogens (tertiary/aromatic N) is 1. The topological polar surface area (TPSA) is 110 Å². The molecule has 1 aromatic heterocycles. The number of aliphatic hydroxyl groups excluding tert-OH is 1. The largest absolute Gasteiger partial charge is 0.392 e. The van der Waals surface area contributed by atoms with Crippen LogP contribution in [0, 0.1) is 0 Å². The number of hydrogen-bond donors (Lipinski definition) is 3. The van der Waals surface area contributed by atoms with Crippen LogP contribution in [0.2, 0.25) is 0 Å². The molecule has 1 fully saturated rings. The number of unbranched alkanes of at least 4 members (excludes halogenated alkanes) is 2. The van der Waals surface area contributed by atoms with Gasteiger partial charge in [-0.05, 0) is 52.8 Å². The molecule has 5 rings (SSSR count). The summed E-state index contributed by atoms with van der Waals surface area (Å²) in [4.78, 5) is 27.9. The van der Waals surface area contributed by atoms with Crippen molar-refractivity contribution in [2.75, 3.05) is 12.3 Å². The van der Waals surface area contributed by atoms with Gasteiger partial charge in [0.1, 0.15) is 0 Å². The zero-order chi connectivity index (χ0) is 32.8. The summed E-state index contributed by atoms with van der Waals surface area (Å²) in [7, 11) is 0. The second-order valence-electron chi connectivity index (χ2n) is 11.7. The van der Waals surface area contributed by atoms with E-state index in [-0.39, 0.29) is 30.6 Å². The van der Waals surface area contributed by atoms with Gasteiger partial charge in [-0.1, -0.05) is 85.3 Å². The SMILES string of the molecule is CC(=O)NCCCCCC(=O)NCc1ccccc1-c1ccc(C2OC(CSc3ccccn3)CC(c3ccc(CO)cc3)O2)cc1. The summed E-state index contributed by atoms with van der Waals surface area (Å²) in [5.41, 5.74) is 6.01. The Hall–Kier alpha value is -4.02. The molecule has 3 unspecified atom stereocenters. The van der Waals surface area contributed by atoms with E-state index in [1.807, 2.05) is 60.7 Å². The molecule has 1 aliphatic rings. The minimum atomic E-state index is -0.539. The summed E-state index contributed by atoms with van der Waals surface area (Å²) in [6, 6.07) is 30.2. The Morgan fingerprint density at radius 2 is 1.64 bits per heavy atom. The molecule has 2 amide bonds. The van der Waals surface area contributed by atoms with E-state index in [1.54, 1.807) is 18.0 Å². The lowest BCUT2D eigenvalue weighted by molar-refractivity contribution is -0.245. The fraction of sp³-hybridized carbons (Fsp3) is 0.342. The Bertz CT molecular complexity index is 1570. The molecule has 3 atom stereocenters. The van der Waals surface area contributed by atoms with Gasteiger partial charge < -0.3 is 25.2 Å². The van der Waals surface area contributed by atoms with Crippen molar-refractivity contribution in [2.45, 2.75) is 75.7 Å². The Morgan fingerprint density at radius 3 is 2.38 bits per heavy atom. The number of aliphatic hydroxyl groups is 1. The van der Waals surface area contributed by atoms with E-state index in [2.05, 4.69) is 45.9 Å². The summed E-state index contributed by atoms with van der Waals surface area (Å²) < 4.78 is 13.0. The number of rotatable bonds is 15. The van der Waals surface area contributed by atoms with Crippen LogP contribution in [0.3, 0.4) is 0 Å². The first kappa shape index (κ1) is 34.3. The first-order valence-corrected chi connectivity index (χ1v) is 17.2. The van der Waals surface area contributed by atoms with Gasteiger partial charge in [-0.3, -0.25) is 9.59 Å². The van der Waals surface area contributed by atoms with E-state index in [9.17, 15) is 14.7 Å². The zero-order valence-electron chi connectivity index (χ0n) is 26.8. The number of amides is 2. The molecular formula is C38H43N3O5S. The van der Waals surface area contributed by atoms with Crippen LogP contribution < -0.4 is 10.6 Å². The van der Waals surface area contributed by atoms with Crippen molar-refractivity contribution in [1.82, 2.24) is 15.6 Å². The van der Waals surface area contributed by atoms with Gasteiger partial charge in [0.15, 0.2) is 6.29 Å². The Labute approximate surface area is 281 Å². The third kappa shape index (κ3) is 10.5. The maximum atomic E-state index is 12.5. The number of nitrogens with one attached hydrogen (secondary N) is 2. The standard InChI is InChI=1S/C38H43N3O5S/c1-27(43)39-21-7-2-3-11-36(44)41-24-32-9-4-5-10-34(32)29-17-19-31(20-18-29)38-45-33(26-47-37-12-6-8-22-40-37)23-35(46-38)30-15-13-28(25-42)14-16-30/h4-6,8-10,12-20,22,33,35,38,42H,2-3,7,11,21,23-26H2,1H3,(H,39,43)(H,41,44). The number of thioether (sulfide) groups is 1. The van der Waals surface area contributed by atoms with E-state index >= 15 is 0 Å². The highest BCUT2D eigenvalue weighted by Crippen LogP contribution is 2.40. The molecule has 9 heteroatoms. The molecule has 47 heavy (non-hydrogen) atoms. The van der Waals surface area contributed by atoms with E-state index in [0.717, 1.165) is 63.4 Å². The zero-order valence-corrected chi connectivity index (χ0v) is 27.6. The van der Waals surface area contributed by atoms with Crippen LogP contribution in [0.4, 0.5) is 0 Å². The lowest BCUT2D eigenvalue weighted by atomic mass is 9.97. The summed E-state index contributed by atoms with van der Waals surface area (Å²) in [5.74, 6) is 0.746. The number of pyridine rings is 1. The number of aromatic nitrogens is 1. The predicted octanol–water partition coefficient (Wildman–Crippen LogP) is 6.89. The average Bonchev–Trinajstić information content (AvgIpc) is 3.11. The van der Waals surface area contributed by atoms with Crippen LogP contribution in [0.5, 0.6) is 0 Å². The molecule has 0 aliphatic carbocycles. The van der Waals surface area contributed by atoms with Gasteiger partial charge in [-0.15, -0.1) is 11.8 Å². The molecule has 2 heterocycles. The third-order valence-electron chi connectivity index (χ3n) is 8.11. The Morgan fingerprint density at radius 1 is 0.872 bits per heavy atom. The van der Waals surface area contributed by atoms with Crippen molar-refractivity contribution in [3.8, 4) is 11.1 Å². The summed E-state index contributed by atoms with van der Waals surface area (Å²) in [5, 5.41) is 16.3. The maximum Gasteiger partial charge on any atom is 0.220 e. The second-order valence-corrected chi connectivity index (χ2v) is 12.7. The van der Waals surface area contributed by atoms with Crippen molar-refractivity contribution >= 4 is 23.6 Å². The van der Waals surface area contributed by atoms with Crippen molar-refractivity contribution in [3.05, 3.63) is 119 Å². The molecule has 4 aromatic rings. The number of hydrogen-bond acceptors (Lipinski definition) is 7. The first-order valence-electron chi connectivity index (χ1n) is 16.2. The highest BCUT2D eigenvalue weighted by molar-refractivity contribution is 7.99. The van der Waals surface area contributed by atoms with Crippen LogP contribution in [0.25, 0.3) is 11.1 Å². The third-order valence-corrected chi connectivity index (χ3v) is 9.19. The summed E-state index contributed by atoms with van der Waals surface area (Å²) in [6.07, 6.45) is 4.78. The number of benzene rings is 3. The van der Waals surface area contributed by atoms with Crippen LogP contribution in [-0.4, -0.2) is 40.3 Å². The summed E-state index contributed by atoms with van der Waals surface area (Å²) in [6.45, 7) is 2.61. The number of carbonyl (C=O) groups excluding carboxylic acids is 2. The van der Waals surface area contributed by atoms with Gasteiger partial charge in [-0.2, -0.15) is 0 Å². The summed E-state index contributed by atoms with van der Waals surface area (Å²) >= 11 is 1.68. The van der Waals surface area contributed by atoms with Crippen molar-refractivity contribution < 1.29 is 24.2 Å². The quantitative estimate of drug-likeness (QED) is 0.0947. The maximum absolute atomic E-state index is 12.5. The Kier molecular flexibility index (Phi) is 13.0. The van der Waals surface area contributed by atoms with Gasteiger partial charge in [-0.25, -0.2) is 4.98 Å². The fourth-order valence-corrected chi connectivity index (χ4v) is 6.42. The van der Waals surface area contributed by atoms with E-state index < -0.39 is 6.29 Å². The molecule has 8 nitrogen and oxygen atoms in total. The van der Waals surface area contributed by atoms with Crippen LogP contribution in [-0.2, 0) is 32.2 Å². The lowest BCUT2D eigenvalue weighted by Gasteiger charge is -2.36. The molecule has 246 valence electrons. The van der Waals surface area contributed by atoms with Gasteiger partial charge in [0.05, 0.1) is 23.8 Å². The molecule has 1 aliphatic heterocycles. The fourth-order valence-electron chi connectivity index (χ4n) is 5.54. The monoisotopic (exact) mass is 653 g/mol. The normalized spacial score (nSPS) is 17.6. The van der Waals surface area contributed by atoms with Crippen molar-refractivity contribution in [3.63, 3.8) is 0 Å². The first-order chi connectivity index (χ1) is 23.0. The average molecular weight is 654 g/mol. The van der Waals surface area contributed by atoms with Gasteiger partial charge in [0.2, 0.25) is 11.8 Å². The van der Waals surface area contributed by atoms with E-state index in [1.165, 1.54) is 6.92 Å². The van der Waals surface area contributed by atoms with Gasteiger partial charge in [0, 0.05) is 50.4 Å². The molecule has 0 radical (unpaired) electrons. The molecule has 0 spiro atoms. The van der Waals surface area contributed by atoms with Crippen LogP contribution >= 0.6 is 11.8 Å². The highest BCUT2D eigenvalue weighted by Gasteiger charge is 2.32. The molecular weight excluding hydrogens is 611 g/mol. The smallest absolute Gasteiger partial charge is 0.220 e. The molecule has 3 aromatic carbocycles. The van der Waals surface area contributed by atoms with E-state index in [0.29, 0.717) is 25.9 Å². The lowest BCUT2D eigenvalue weighted by Crippen LogP contribution is -2.31. The van der Waals surface area contributed by atoms with Crippen LogP contribution in [0.1, 0.15) is 73.7 Å². The van der Waals surface area contributed by atoms with Crippen LogP contribution in [0.15, 0.2) is 102 Å². The van der Waals surface area contributed by atoms with Gasteiger partial charge >= 0.3 is 0 Å². The van der Waals surface area contributed by atoms with E-state index in [4.69, 9.17) is 9.47 Å². The Balaban J connectivity index is 1.23. The number of ether oxygens (including phenoxy) is 2. The number of carbonyl (C=O) groups is 2. The molecule has 0 bridgehead atoms. The molecule has 1 saturated heterocycles. The molecule has 3 N–H and O–H groups in total. The minimum absolute atomic E-state index is 0.00482. The predicted molar refractivity (Wildman–Crippen MR) is 184 cm³/mol. The molecule has 0 saturated carbocycles.